The van der Waals surface area contributed by atoms with Crippen molar-refractivity contribution in [2.45, 2.75) is 64.7 Å². The summed E-state index contributed by atoms with van der Waals surface area (Å²) in [7, 11) is 0. The van der Waals surface area contributed by atoms with E-state index in [0.29, 0.717) is 6.08 Å². The van der Waals surface area contributed by atoms with Crippen LogP contribution >= 0.6 is 0 Å². The molecule has 0 bridgehead atoms. The van der Waals surface area contributed by atoms with Crippen molar-refractivity contribution in [3.63, 3.8) is 0 Å². The quantitative estimate of drug-likeness (QED) is 0.573. The summed E-state index contributed by atoms with van der Waals surface area (Å²) in [5, 5.41) is 0. The zero-order valence-electron chi connectivity index (χ0n) is 11.2. The van der Waals surface area contributed by atoms with Crippen molar-refractivity contribution in [1.82, 2.24) is 0 Å². The summed E-state index contributed by atoms with van der Waals surface area (Å²) in [6, 6.07) is 0. The molecule has 1 aliphatic heterocycles. The van der Waals surface area contributed by atoms with Crippen molar-refractivity contribution in [1.29, 1.82) is 0 Å². The fourth-order valence-corrected chi connectivity index (χ4v) is 1.92. The third-order valence-electron chi connectivity index (χ3n) is 2.99. The van der Waals surface area contributed by atoms with E-state index in [0.717, 1.165) is 32.6 Å². The van der Waals surface area contributed by atoms with Crippen LogP contribution in [0.2, 0.25) is 0 Å². The molecule has 0 fully saturated rings. The second-order valence-electron chi connectivity index (χ2n) is 4.67. The first kappa shape index (κ1) is 14.3. The Hall–Kier alpha value is -0.730. The number of aliphatic imine (C=N–C) groups is 1. The van der Waals surface area contributed by atoms with E-state index in [1.165, 1.54) is 44.9 Å². The summed E-state index contributed by atoms with van der Waals surface area (Å²) in [4.78, 5) is 4.17. The summed E-state index contributed by atoms with van der Waals surface area (Å²) in [5.74, 6) is 0. The Morgan fingerprint density at radius 2 is 1.76 bits per heavy atom. The van der Waals surface area contributed by atoms with Gasteiger partial charge in [0.2, 0.25) is 0 Å². The van der Waals surface area contributed by atoms with E-state index in [1.807, 2.05) is 0 Å². The van der Waals surface area contributed by atoms with E-state index in [2.05, 4.69) is 11.9 Å². The molecule has 0 atom stereocenters. The van der Waals surface area contributed by atoms with Crippen molar-refractivity contribution in [3.05, 3.63) is 0 Å². The van der Waals surface area contributed by atoms with Gasteiger partial charge in [-0.25, -0.2) is 4.99 Å². The Morgan fingerprint density at radius 1 is 1.06 bits per heavy atom. The standard InChI is InChI=1S/C14H27NO2/c1-2-3-4-5-6-7-8-9-12-16-14-15-11-10-13-17-14/h2-13H2,1H3. The van der Waals surface area contributed by atoms with Crippen molar-refractivity contribution >= 4 is 6.08 Å². The van der Waals surface area contributed by atoms with Crippen LogP contribution in [0.4, 0.5) is 0 Å². The Bertz CT molecular complexity index is 204. The zero-order chi connectivity index (χ0) is 12.2. The molecule has 0 spiro atoms. The minimum atomic E-state index is 0.513. The molecule has 1 heterocycles. The maximum absolute atomic E-state index is 5.46. The van der Waals surface area contributed by atoms with Gasteiger partial charge < -0.3 is 9.47 Å². The van der Waals surface area contributed by atoms with Crippen LogP contribution in [0, 0.1) is 0 Å². The monoisotopic (exact) mass is 241 g/mol. The number of hydrogen-bond acceptors (Lipinski definition) is 3. The maximum atomic E-state index is 5.46. The maximum Gasteiger partial charge on any atom is 0.383 e. The zero-order valence-corrected chi connectivity index (χ0v) is 11.2. The molecule has 0 N–H and O–H groups in total. The summed E-state index contributed by atoms with van der Waals surface area (Å²) < 4.78 is 10.7. The summed E-state index contributed by atoms with van der Waals surface area (Å²) in [6.45, 7) is 4.63. The first-order valence-corrected chi connectivity index (χ1v) is 7.23. The van der Waals surface area contributed by atoms with Gasteiger partial charge in [-0.2, -0.15) is 0 Å². The molecule has 0 aromatic heterocycles. The van der Waals surface area contributed by atoms with Crippen LogP contribution in [-0.4, -0.2) is 25.8 Å². The van der Waals surface area contributed by atoms with Crippen molar-refractivity contribution < 1.29 is 9.47 Å². The smallest absolute Gasteiger partial charge is 0.383 e. The van der Waals surface area contributed by atoms with Gasteiger partial charge in [0.25, 0.3) is 0 Å². The second-order valence-corrected chi connectivity index (χ2v) is 4.67. The molecule has 0 aromatic rings. The van der Waals surface area contributed by atoms with Gasteiger partial charge in [-0.3, -0.25) is 0 Å². The Kier molecular flexibility index (Phi) is 8.79. The first-order valence-electron chi connectivity index (χ1n) is 7.23. The Morgan fingerprint density at radius 3 is 2.41 bits per heavy atom. The van der Waals surface area contributed by atoms with Crippen LogP contribution in [0.5, 0.6) is 0 Å². The van der Waals surface area contributed by atoms with E-state index < -0.39 is 0 Å². The molecule has 0 aliphatic carbocycles. The molecule has 0 radical (unpaired) electrons. The van der Waals surface area contributed by atoms with Crippen LogP contribution in [0.1, 0.15) is 64.7 Å². The summed E-state index contributed by atoms with van der Waals surface area (Å²) >= 11 is 0. The SMILES string of the molecule is CCCCCCCCCCOC1=NCCCO1. The third kappa shape index (κ3) is 8.06. The van der Waals surface area contributed by atoms with Gasteiger partial charge in [0.1, 0.15) is 0 Å². The van der Waals surface area contributed by atoms with Crippen LogP contribution < -0.4 is 0 Å². The van der Waals surface area contributed by atoms with Crippen LogP contribution in [0.15, 0.2) is 4.99 Å². The molecule has 0 unspecified atom stereocenters. The summed E-state index contributed by atoms with van der Waals surface area (Å²) in [6.07, 6.45) is 12.1. The molecule has 100 valence electrons. The number of hydrogen-bond donors (Lipinski definition) is 0. The molecule has 17 heavy (non-hydrogen) atoms. The lowest BCUT2D eigenvalue weighted by Crippen LogP contribution is -2.17. The number of unbranched alkanes of at least 4 members (excludes halogenated alkanes) is 7. The highest BCUT2D eigenvalue weighted by Crippen LogP contribution is 2.08. The van der Waals surface area contributed by atoms with Gasteiger partial charge in [-0.1, -0.05) is 51.9 Å². The topological polar surface area (TPSA) is 30.8 Å². The third-order valence-corrected chi connectivity index (χ3v) is 2.99. The Labute approximate surface area is 106 Å². The van der Waals surface area contributed by atoms with Gasteiger partial charge in [0.15, 0.2) is 0 Å². The van der Waals surface area contributed by atoms with Crippen molar-refractivity contribution in [2.75, 3.05) is 19.8 Å². The van der Waals surface area contributed by atoms with E-state index in [-0.39, 0.29) is 0 Å². The molecular formula is C14H27NO2. The molecule has 1 rings (SSSR count). The highest BCUT2D eigenvalue weighted by Gasteiger charge is 2.06. The fraction of sp³-hybridized carbons (Fsp3) is 0.929. The molecule has 3 heteroatoms. The van der Waals surface area contributed by atoms with Crippen LogP contribution in [-0.2, 0) is 9.47 Å². The van der Waals surface area contributed by atoms with Crippen LogP contribution in [0.3, 0.4) is 0 Å². The predicted molar refractivity (Wildman–Crippen MR) is 71.4 cm³/mol. The van der Waals surface area contributed by atoms with Gasteiger partial charge in [0, 0.05) is 13.0 Å². The molecular weight excluding hydrogens is 214 g/mol. The minimum absolute atomic E-state index is 0.513. The first-order chi connectivity index (χ1) is 8.43. The van der Waals surface area contributed by atoms with Crippen molar-refractivity contribution in [2.24, 2.45) is 4.99 Å². The molecule has 3 nitrogen and oxygen atoms in total. The van der Waals surface area contributed by atoms with E-state index in [9.17, 15) is 0 Å². The molecule has 0 amide bonds. The van der Waals surface area contributed by atoms with E-state index >= 15 is 0 Å². The predicted octanol–water partition coefficient (Wildman–Crippen LogP) is 3.92. The van der Waals surface area contributed by atoms with Gasteiger partial charge in [0.05, 0.1) is 13.2 Å². The molecule has 0 saturated carbocycles. The lowest BCUT2D eigenvalue weighted by atomic mass is 10.1. The fourth-order valence-electron chi connectivity index (χ4n) is 1.92. The molecule has 0 aromatic carbocycles. The minimum Gasteiger partial charge on any atom is -0.451 e. The average Bonchev–Trinajstić information content (AvgIpc) is 2.38. The number of ether oxygens (including phenoxy) is 2. The van der Waals surface area contributed by atoms with E-state index in [1.54, 1.807) is 0 Å². The van der Waals surface area contributed by atoms with Gasteiger partial charge in [-0.15, -0.1) is 0 Å². The molecule has 1 aliphatic rings. The highest BCUT2D eigenvalue weighted by molar-refractivity contribution is 5.67. The largest absolute Gasteiger partial charge is 0.451 e. The lowest BCUT2D eigenvalue weighted by Gasteiger charge is -2.13. The number of nitrogens with zero attached hydrogens (tertiary/aromatic N) is 1. The number of rotatable bonds is 9. The van der Waals surface area contributed by atoms with E-state index in [4.69, 9.17) is 9.47 Å². The van der Waals surface area contributed by atoms with Gasteiger partial charge >= 0.3 is 6.08 Å². The summed E-state index contributed by atoms with van der Waals surface area (Å²) in [5.41, 5.74) is 0. The normalized spacial score (nSPS) is 15.2. The Balaban J connectivity index is 1.79. The van der Waals surface area contributed by atoms with Crippen LogP contribution in [0.25, 0.3) is 0 Å². The molecule has 0 saturated heterocycles. The van der Waals surface area contributed by atoms with Gasteiger partial charge in [-0.05, 0) is 6.42 Å². The second kappa shape index (κ2) is 10.4. The lowest BCUT2D eigenvalue weighted by molar-refractivity contribution is 0.149. The average molecular weight is 241 g/mol. The highest BCUT2D eigenvalue weighted by atomic mass is 16.7. The van der Waals surface area contributed by atoms with Crippen molar-refractivity contribution in [3.8, 4) is 0 Å².